The Labute approximate surface area is 192 Å². The van der Waals surface area contributed by atoms with Crippen LogP contribution in [0.15, 0.2) is 64.6 Å². The molecule has 12 heteroatoms. The van der Waals surface area contributed by atoms with Gasteiger partial charge >= 0.3 is 0 Å². The summed E-state index contributed by atoms with van der Waals surface area (Å²) in [4.78, 5) is 13.9. The summed E-state index contributed by atoms with van der Waals surface area (Å²) >= 11 is 1.48. The Hall–Kier alpha value is -4.19. The SMILES string of the molecule is C=C(NNC(=O)c1nnn(-c2nonc2N)c1CSc1ccc(C)cc1)c1ccc(F)cc1. The number of aromatic nitrogens is 5. The number of anilines is 1. The van der Waals surface area contributed by atoms with Gasteiger partial charge in [-0.1, -0.05) is 29.5 Å². The lowest BCUT2D eigenvalue weighted by atomic mass is 10.2. The van der Waals surface area contributed by atoms with E-state index in [9.17, 15) is 9.18 Å². The average molecular weight is 467 g/mol. The van der Waals surface area contributed by atoms with Gasteiger partial charge in [0, 0.05) is 10.6 Å². The van der Waals surface area contributed by atoms with Crippen molar-refractivity contribution in [3.05, 3.63) is 83.4 Å². The van der Waals surface area contributed by atoms with E-state index in [1.54, 1.807) is 0 Å². The molecule has 168 valence electrons. The number of halogens is 1. The van der Waals surface area contributed by atoms with E-state index in [1.165, 1.54) is 40.7 Å². The topological polar surface area (TPSA) is 137 Å². The second-order valence-corrected chi connectivity index (χ2v) is 7.98. The summed E-state index contributed by atoms with van der Waals surface area (Å²) in [5.74, 6) is -0.450. The van der Waals surface area contributed by atoms with Crippen LogP contribution in [0.4, 0.5) is 10.2 Å². The predicted octanol–water partition coefficient (Wildman–Crippen LogP) is 2.88. The Morgan fingerprint density at radius 1 is 1.15 bits per heavy atom. The molecule has 10 nitrogen and oxygen atoms in total. The second kappa shape index (κ2) is 9.53. The maximum Gasteiger partial charge on any atom is 0.292 e. The number of nitrogens with zero attached hydrogens (tertiary/aromatic N) is 5. The first-order valence-corrected chi connectivity index (χ1v) is 10.6. The van der Waals surface area contributed by atoms with E-state index in [4.69, 9.17) is 5.73 Å². The van der Waals surface area contributed by atoms with Gasteiger partial charge in [0.1, 0.15) is 5.82 Å². The van der Waals surface area contributed by atoms with Crippen LogP contribution in [-0.2, 0) is 5.75 Å². The molecule has 0 saturated heterocycles. The zero-order valence-electron chi connectivity index (χ0n) is 17.4. The second-order valence-electron chi connectivity index (χ2n) is 6.94. The lowest BCUT2D eigenvalue weighted by molar-refractivity contribution is 0.0936. The number of hydrogen-bond donors (Lipinski definition) is 3. The number of nitrogen functional groups attached to an aromatic ring is 1. The number of benzene rings is 2. The lowest BCUT2D eigenvalue weighted by Gasteiger charge is -2.11. The normalized spacial score (nSPS) is 10.7. The molecular formula is C21H19FN8O2S. The number of rotatable bonds is 8. The molecule has 0 aliphatic rings. The number of carbonyl (C=O) groups is 1. The number of hydrazine groups is 1. The molecule has 2 aromatic carbocycles. The molecular weight excluding hydrogens is 447 g/mol. The smallest absolute Gasteiger partial charge is 0.292 e. The van der Waals surface area contributed by atoms with Crippen molar-refractivity contribution in [1.82, 2.24) is 36.2 Å². The minimum absolute atomic E-state index is 0.0104. The molecule has 1 amide bonds. The van der Waals surface area contributed by atoms with E-state index in [2.05, 4.69) is 42.7 Å². The van der Waals surface area contributed by atoms with E-state index >= 15 is 0 Å². The Bertz CT molecular complexity index is 1280. The Kier molecular flexibility index (Phi) is 6.36. The van der Waals surface area contributed by atoms with Crippen LogP contribution >= 0.6 is 11.8 Å². The molecule has 0 spiro atoms. The summed E-state index contributed by atoms with van der Waals surface area (Å²) in [6.07, 6.45) is 0. The van der Waals surface area contributed by atoms with E-state index < -0.39 is 5.91 Å². The molecule has 2 heterocycles. The summed E-state index contributed by atoms with van der Waals surface area (Å²) < 4.78 is 19.1. The highest BCUT2D eigenvalue weighted by Gasteiger charge is 2.24. The van der Waals surface area contributed by atoms with Gasteiger partial charge in [-0.3, -0.25) is 15.6 Å². The van der Waals surface area contributed by atoms with Gasteiger partial charge in [0.2, 0.25) is 11.6 Å². The summed E-state index contributed by atoms with van der Waals surface area (Å²) in [5, 5.41) is 15.3. The minimum Gasteiger partial charge on any atom is -0.378 e. The molecule has 4 N–H and O–H groups in total. The first-order valence-electron chi connectivity index (χ1n) is 9.66. The van der Waals surface area contributed by atoms with Crippen molar-refractivity contribution in [3.8, 4) is 5.82 Å². The quantitative estimate of drug-likeness (QED) is 0.264. The molecule has 0 saturated carbocycles. The minimum atomic E-state index is -0.556. The van der Waals surface area contributed by atoms with Crippen LogP contribution in [0.5, 0.6) is 0 Å². The van der Waals surface area contributed by atoms with Crippen molar-refractivity contribution in [2.24, 2.45) is 0 Å². The Balaban J connectivity index is 1.54. The van der Waals surface area contributed by atoms with E-state index in [-0.39, 0.29) is 23.1 Å². The van der Waals surface area contributed by atoms with Gasteiger partial charge in [-0.15, -0.1) is 16.9 Å². The predicted molar refractivity (Wildman–Crippen MR) is 120 cm³/mol. The fraction of sp³-hybridized carbons (Fsp3) is 0.0952. The average Bonchev–Trinajstić information content (AvgIpc) is 3.43. The fourth-order valence-corrected chi connectivity index (χ4v) is 3.71. The number of hydrogen-bond acceptors (Lipinski definition) is 9. The highest BCUT2D eigenvalue weighted by atomic mass is 32.2. The van der Waals surface area contributed by atoms with E-state index in [1.807, 2.05) is 31.2 Å². The first-order chi connectivity index (χ1) is 15.9. The van der Waals surface area contributed by atoms with Crippen molar-refractivity contribution in [2.75, 3.05) is 5.73 Å². The molecule has 4 rings (SSSR count). The van der Waals surface area contributed by atoms with Gasteiger partial charge in [0.25, 0.3) is 5.91 Å². The van der Waals surface area contributed by atoms with Gasteiger partial charge in [0.15, 0.2) is 5.69 Å². The molecule has 33 heavy (non-hydrogen) atoms. The molecule has 0 bridgehead atoms. The number of aryl methyl sites for hydroxylation is 1. The number of carbonyl (C=O) groups excluding carboxylic acids is 1. The van der Waals surface area contributed by atoms with Crippen LogP contribution in [0.25, 0.3) is 11.5 Å². The zero-order valence-corrected chi connectivity index (χ0v) is 18.3. The van der Waals surface area contributed by atoms with Gasteiger partial charge in [-0.05, 0) is 59.2 Å². The van der Waals surface area contributed by atoms with Crippen molar-refractivity contribution >= 4 is 29.2 Å². The van der Waals surface area contributed by atoms with Crippen LogP contribution in [0.2, 0.25) is 0 Å². The van der Waals surface area contributed by atoms with Gasteiger partial charge in [-0.2, -0.15) is 4.68 Å². The molecule has 2 aromatic heterocycles. The highest BCUT2D eigenvalue weighted by Crippen LogP contribution is 2.26. The standard InChI is InChI=1S/C21H19FN8O2S/c1-12-3-9-16(10-4-12)33-11-17-18(25-29-30(17)20-19(23)27-32-28-20)21(31)26-24-13(2)14-5-7-15(22)8-6-14/h3-10,24H,2,11H2,1H3,(H2,23,27)(H,26,31). The van der Waals surface area contributed by atoms with Gasteiger partial charge in [-0.25, -0.2) is 9.02 Å². The van der Waals surface area contributed by atoms with Crippen LogP contribution in [-0.4, -0.2) is 31.2 Å². The molecule has 0 atom stereocenters. The van der Waals surface area contributed by atoms with Crippen LogP contribution in [0, 0.1) is 12.7 Å². The summed E-state index contributed by atoms with van der Waals surface area (Å²) in [5.41, 5.74) is 13.7. The molecule has 0 aliphatic carbocycles. The third-order valence-corrected chi connectivity index (χ3v) is 5.61. The van der Waals surface area contributed by atoms with Crippen LogP contribution in [0.3, 0.4) is 0 Å². The first kappa shape index (κ1) is 22.0. The third kappa shape index (κ3) is 5.01. The van der Waals surface area contributed by atoms with Gasteiger partial charge < -0.3 is 5.73 Å². The summed E-state index contributed by atoms with van der Waals surface area (Å²) in [6, 6.07) is 13.6. The maximum atomic E-state index is 13.1. The molecule has 0 radical (unpaired) electrons. The summed E-state index contributed by atoms with van der Waals surface area (Å²) in [6.45, 7) is 5.85. The number of amides is 1. The van der Waals surface area contributed by atoms with E-state index in [0.717, 1.165) is 10.5 Å². The third-order valence-electron chi connectivity index (χ3n) is 4.59. The molecule has 0 unspecified atom stereocenters. The maximum absolute atomic E-state index is 13.1. The largest absolute Gasteiger partial charge is 0.378 e. The van der Waals surface area contributed by atoms with E-state index in [0.29, 0.717) is 22.7 Å². The summed E-state index contributed by atoms with van der Waals surface area (Å²) in [7, 11) is 0. The van der Waals surface area contributed by atoms with Gasteiger partial charge in [0.05, 0.1) is 11.4 Å². The Morgan fingerprint density at radius 3 is 2.55 bits per heavy atom. The Morgan fingerprint density at radius 2 is 1.88 bits per heavy atom. The van der Waals surface area contributed by atoms with Crippen molar-refractivity contribution in [3.63, 3.8) is 0 Å². The van der Waals surface area contributed by atoms with Crippen molar-refractivity contribution in [1.29, 1.82) is 0 Å². The fourth-order valence-electron chi connectivity index (χ4n) is 2.82. The zero-order chi connectivity index (χ0) is 23.4. The number of nitrogens with one attached hydrogen (secondary N) is 2. The van der Waals surface area contributed by atoms with Crippen LogP contribution < -0.4 is 16.6 Å². The van der Waals surface area contributed by atoms with Crippen molar-refractivity contribution in [2.45, 2.75) is 17.6 Å². The number of nitrogens with two attached hydrogens (primary N) is 1. The lowest BCUT2D eigenvalue weighted by Crippen LogP contribution is -2.36. The highest BCUT2D eigenvalue weighted by molar-refractivity contribution is 7.98. The molecule has 0 fully saturated rings. The molecule has 4 aromatic rings. The number of thioether (sulfide) groups is 1. The van der Waals surface area contributed by atoms with Crippen molar-refractivity contribution < 1.29 is 13.8 Å². The molecule has 0 aliphatic heterocycles. The monoisotopic (exact) mass is 466 g/mol. The van der Waals surface area contributed by atoms with Crippen LogP contribution in [0.1, 0.15) is 27.3 Å².